The Hall–Kier alpha value is 0.160. The molecule has 0 aliphatic rings. The summed E-state index contributed by atoms with van der Waals surface area (Å²) in [7, 11) is 0. The SMILES string of the molecule is Cl.N[C@@H](CF)c1cc(Br)c(O)c(Br)c1. The minimum atomic E-state index is -0.645. The van der Waals surface area contributed by atoms with E-state index in [1.165, 1.54) is 0 Å². The zero-order valence-corrected chi connectivity index (χ0v) is 11.0. The summed E-state index contributed by atoms with van der Waals surface area (Å²) in [5.41, 5.74) is 6.12. The Labute approximate surface area is 104 Å². The Morgan fingerprint density at radius 3 is 2.14 bits per heavy atom. The van der Waals surface area contributed by atoms with E-state index < -0.39 is 12.7 Å². The average molecular weight is 349 g/mol. The Morgan fingerprint density at radius 2 is 1.79 bits per heavy atom. The lowest BCUT2D eigenvalue weighted by Crippen LogP contribution is -2.12. The third-order valence-electron chi connectivity index (χ3n) is 1.63. The molecular weight excluding hydrogens is 340 g/mol. The standard InChI is InChI=1S/C8H8Br2FNO.ClH/c9-5-1-4(7(12)3-11)2-6(10)8(5)13;/h1-2,7,13H,3,12H2;1H/t7-;/m0./s1. The van der Waals surface area contributed by atoms with Crippen LogP contribution in [-0.4, -0.2) is 11.8 Å². The highest BCUT2D eigenvalue weighted by atomic mass is 79.9. The van der Waals surface area contributed by atoms with Crippen LogP contribution in [0, 0.1) is 0 Å². The summed E-state index contributed by atoms with van der Waals surface area (Å²) in [6.45, 7) is -0.621. The Kier molecular flexibility index (Phi) is 5.97. The molecular formula is C8H9Br2ClFNO. The number of alkyl halides is 1. The van der Waals surface area contributed by atoms with Gasteiger partial charge in [0, 0.05) is 0 Å². The molecule has 0 fully saturated rings. The number of aromatic hydroxyl groups is 1. The van der Waals surface area contributed by atoms with Gasteiger partial charge in [-0.2, -0.15) is 0 Å². The van der Waals surface area contributed by atoms with Gasteiger partial charge in [0.1, 0.15) is 12.4 Å². The smallest absolute Gasteiger partial charge is 0.143 e. The highest BCUT2D eigenvalue weighted by Crippen LogP contribution is 2.34. The van der Waals surface area contributed by atoms with Crippen LogP contribution in [0.4, 0.5) is 4.39 Å². The first-order chi connectivity index (χ1) is 6.06. The fourth-order valence-corrected chi connectivity index (χ4v) is 2.11. The van der Waals surface area contributed by atoms with Crippen molar-refractivity contribution in [3.8, 4) is 5.75 Å². The lowest BCUT2D eigenvalue weighted by Gasteiger charge is -2.09. The number of halogens is 4. The van der Waals surface area contributed by atoms with Crippen LogP contribution < -0.4 is 5.73 Å². The van der Waals surface area contributed by atoms with Gasteiger partial charge in [0.05, 0.1) is 15.0 Å². The number of hydrogen-bond donors (Lipinski definition) is 2. The van der Waals surface area contributed by atoms with Crippen LogP contribution in [0.15, 0.2) is 21.1 Å². The van der Waals surface area contributed by atoms with E-state index in [-0.39, 0.29) is 18.2 Å². The van der Waals surface area contributed by atoms with Gasteiger partial charge in [0.2, 0.25) is 0 Å². The van der Waals surface area contributed by atoms with E-state index in [2.05, 4.69) is 31.9 Å². The lowest BCUT2D eigenvalue weighted by atomic mass is 10.1. The van der Waals surface area contributed by atoms with E-state index in [1.54, 1.807) is 12.1 Å². The van der Waals surface area contributed by atoms with E-state index in [4.69, 9.17) is 5.73 Å². The van der Waals surface area contributed by atoms with Crippen LogP contribution in [0.25, 0.3) is 0 Å². The van der Waals surface area contributed by atoms with Crippen LogP contribution in [0.2, 0.25) is 0 Å². The molecule has 0 saturated heterocycles. The second kappa shape index (κ2) is 5.90. The first kappa shape index (κ1) is 14.2. The molecule has 0 heterocycles. The minimum absolute atomic E-state index is 0. The second-order valence-corrected chi connectivity index (χ2v) is 4.30. The van der Waals surface area contributed by atoms with Crippen molar-refractivity contribution in [3.05, 3.63) is 26.6 Å². The molecule has 1 atom stereocenters. The molecule has 80 valence electrons. The number of nitrogens with two attached hydrogens (primary N) is 1. The van der Waals surface area contributed by atoms with Gasteiger partial charge in [-0.15, -0.1) is 12.4 Å². The predicted molar refractivity (Wildman–Crippen MR) is 63.7 cm³/mol. The average Bonchev–Trinajstić information content (AvgIpc) is 2.12. The van der Waals surface area contributed by atoms with Gasteiger partial charge in [0.25, 0.3) is 0 Å². The fourth-order valence-electron chi connectivity index (χ4n) is 0.888. The quantitative estimate of drug-likeness (QED) is 0.860. The molecule has 3 N–H and O–H groups in total. The van der Waals surface area contributed by atoms with Crippen molar-refractivity contribution in [1.29, 1.82) is 0 Å². The van der Waals surface area contributed by atoms with E-state index >= 15 is 0 Å². The number of phenols is 1. The maximum Gasteiger partial charge on any atom is 0.143 e. The molecule has 1 aromatic rings. The first-order valence-electron chi connectivity index (χ1n) is 3.55. The summed E-state index contributed by atoms with van der Waals surface area (Å²) >= 11 is 6.27. The highest BCUT2D eigenvalue weighted by molar-refractivity contribution is 9.11. The molecule has 0 bridgehead atoms. The summed E-state index contributed by atoms with van der Waals surface area (Å²) in [6.07, 6.45) is 0. The zero-order valence-electron chi connectivity index (χ0n) is 7.01. The largest absolute Gasteiger partial charge is 0.506 e. The number of benzene rings is 1. The fraction of sp³-hybridized carbons (Fsp3) is 0.250. The van der Waals surface area contributed by atoms with Gasteiger partial charge in [-0.1, -0.05) is 0 Å². The predicted octanol–water partition coefficient (Wildman–Crippen LogP) is 3.31. The van der Waals surface area contributed by atoms with Crippen LogP contribution in [0.1, 0.15) is 11.6 Å². The number of phenolic OH excluding ortho intramolecular Hbond substituents is 1. The van der Waals surface area contributed by atoms with E-state index in [1.807, 2.05) is 0 Å². The molecule has 1 aromatic carbocycles. The molecule has 14 heavy (non-hydrogen) atoms. The van der Waals surface area contributed by atoms with Crippen molar-refractivity contribution >= 4 is 44.3 Å². The Balaban J connectivity index is 0.00000169. The van der Waals surface area contributed by atoms with Gasteiger partial charge in [-0.25, -0.2) is 4.39 Å². The molecule has 0 aliphatic heterocycles. The third-order valence-corrected chi connectivity index (χ3v) is 2.84. The van der Waals surface area contributed by atoms with Crippen molar-refractivity contribution in [3.63, 3.8) is 0 Å². The summed E-state index contributed by atoms with van der Waals surface area (Å²) in [6, 6.07) is 2.56. The molecule has 0 aromatic heterocycles. The van der Waals surface area contributed by atoms with Crippen molar-refractivity contribution < 1.29 is 9.50 Å². The van der Waals surface area contributed by atoms with E-state index in [9.17, 15) is 9.50 Å². The summed E-state index contributed by atoms with van der Waals surface area (Å²) in [5.74, 6) is 0.0924. The van der Waals surface area contributed by atoms with Crippen LogP contribution in [-0.2, 0) is 0 Å². The van der Waals surface area contributed by atoms with Crippen molar-refractivity contribution in [2.75, 3.05) is 6.67 Å². The lowest BCUT2D eigenvalue weighted by molar-refractivity contribution is 0.435. The molecule has 6 heteroatoms. The van der Waals surface area contributed by atoms with E-state index in [0.29, 0.717) is 14.5 Å². The zero-order chi connectivity index (χ0) is 10.0. The van der Waals surface area contributed by atoms with Crippen molar-refractivity contribution in [2.45, 2.75) is 6.04 Å². The topological polar surface area (TPSA) is 46.2 Å². The molecule has 0 unspecified atom stereocenters. The number of hydrogen-bond acceptors (Lipinski definition) is 2. The molecule has 2 nitrogen and oxygen atoms in total. The van der Waals surface area contributed by atoms with Crippen molar-refractivity contribution in [2.24, 2.45) is 5.73 Å². The van der Waals surface area contributed by atoms with Gasteiger partial charge in [-0.05, 0) is 49.6 Å². The highest BCUT2D eigenvalue weighted by Gasteiger charge is 2.10. The molecule has 0 amide bonds. The molecule has 0 aliphatic carbocycles. The van der Waals surface area contributed by atoms with Gasteiger partial charge in [0.15, 0.2) is 0 Å². The molecule has 1 rings (SSSR count). The molecule has 0 radical (unpaired) electrons. The Bertz CT molecular complexity index is 301. The van der Waals surface area contributed by atoms with Crippen molar-refractivity contribution in [1.82, 2.24) is 0 Å². The monoisotopic (exact) mass is 347 g/mol. The van der Waals surface area contributed by atoms with Gasteiger partial charge >= 0.3 is 0 Å². The molecule has 0 spiro atoms. The third kappa shape index (κ3) is 3.08. The van der Waals surface area contributed by atoms with Crippen LogP contribution in [0.3, 0.4) is 0 Å². The van der Waals surface area contributed by atoms with Gasteiger partial charge in [-0.3, -0.25) is 0 Å². The van der Waals surface area contributed by atoms with Crippen LogP contribution >= 0.6 is 44.3 Å². The second-order valence-electron chi connectivity index (χ2n) is 2.59. The molecule has 0 saturated carbocycles. The normalized spacial score (nSPS) is 12.0. The van der Waals surface area contributed by atoms with Crippen LogP contribution in [0.5, 0.6) is 5.75 Å². The van der Waals surface area contributed by atoms with E-state index in [0.717, 1.165) is 0 Å². The number of rotatable bonds is 2. The minimum Gasteiger partial charge on any atom is -0.506 e. The summed E-state index contributed by atoms with van der Waals surface area (Å²) in [5, 5.41) is 9.36. The summed E-state index contributed by atoms with van der Waals surface area (Å²) in [4.78, 5) is 0. The first-order valence-corrected chi connectivity index (χ1v) is 5.14. The maximum atomic E-state index is 12.2. The Morgan fingerprint density at radius 1 is 1.36 bits per heavy atom. The maximum absolute atomic E-state index is 12.2. The summed E-state index contributed by atoms with van der Waals surface area (Å²) < 4.78 is 13.2. The van der Waals surface area contributed by atoms with Gasteiger partial charge < -0.3 is 10.8 Å².